The van der Waals surface area contributed by atoms with Crippen LogP contribution in [0.1, 0.15) is 18.1 Å². The summed E-state index contributed by atoms with van der Waals surface area (Å²) in [6.45, 7) is 2.47. The minimum atomic E-state index is -0.431. The molecule has 160 valence electrons. The highest BCUT2D eigenvalue weighted by atomic mass is 32.2. The molecule has 0 atom stereocenters. The quantitative estimate of drug-likeness (QED) is 0.347. The van der Waals surface area contributed by atoms with E-state index in [0.717, 1.165) is 23.1 Å². The van der Waals surface area contributed by atoms with Crippen LogP contribution in [-0.2, 0) is 11.2 Å². The lowest BCUT2D eigenvalue weighted by Crippen LogP contribution is -2.17. The molecule has 2 aromatic carbocycles. The molecule has 3 N–H and O–H groups in total. The summed E-state index contributed by atoms with van der Waals surface area (Å²) in [5, 5.41) is 13.1. The van der Waals surface area contributed by atoms with Crippen molar-refractivity contribution in [2.45, 2.75) is 18.5 Å². The van der Waals surface area contributed by atoms with Crippen LogP contribution in [0.25, 0.3) is 6.08 Å². The summed E-state index contributed by atoms with van der Waals surface area (Å²) in [6.07, 6.45) is 3.90. The highest BCUT2D eigenvalue weighted by Crippen LogP contribution is 2.19. The number of benzene rings is 2. The molecule has 31 heavy (non-hydrogen) atoms. The number of ether oxygens (including phenoxy) is 1. The van der Waals surface area contributed by atoms with E-state index in [9.17, 15) is 14.7 Å². The molecule has 0 radical (unpaired) electrons. The first-order chi connectivity index (χ1) is 15.0. The molecule has 0 fully saturated rings. The number of rotatable bonds is 9. The Bertz CT molecular complexity index is 1100. The topological polar surface area (TPSA) is 104 Å². The van der Waals surface area contributed by atoms with Crippen LogP contribution in [0.2, 0.25) is 0 Å². The SMILES string of the molecule is CCOc1ccc(NC(=O)CSc2nc(O)c(C/C=C/c3ccccc3)c(=O)[nH]2)cc1. The van der Waals surface area contributed by atoms with Crippen LogP contribution in [0.15, 0.2) is 70.6 Å². The molecule has 3 rings (SSSR count). The van der Waals surface area contributed by atoms with Gasteiger partial charge in [-0.15, -0.1) is 0 Å². The number of carbonyl (C=O) groups excluding carboxylic acids is 1. The van der Waals surface area contributed by atoms with Gasteiger partial charge in [0.1, 0.15) is 5.75 Å². The van der Waals surface area contributed by atoms with Crippen molar-refractivity contribution in [3.63, 3.8) is 0 Å². The molecular weight excluding hydrogens is 414 g/mol. The number of hydrogen-bond donors (Lipinski definition) is 3. The standard InChI is InChI=1S/C23H23N3O4S/c1-2-30-18-13-11-17(12-14-18)24-20(27)15-31-23-25-21(28)19(22(29)26-23)10-6-9-16-7-4-3-5-8-16/h3-9,11-14H,2,10,15H2,1H3,(H,24,27)(H2,25,26,28,29)/b9-6+. The lowest BCUT2D eigenvalue weighted by molar-refractivity contribution is -0.113. The van der Waals surface area contributed by atoms with Crippen molar-refractivity contribution >= 4 is 29.4 Å². The fourth-order valence-corrected chi connectivity index (χ4v) is 3.38. The number of hydrogen-bond acceptors (Lipinski definition) is 6. The zero-order chi connectivity index (χ0) is 22.1. The van der Waals surface area contributed by atoms with Gasteiger partial charge in [-0.3, -0.25) is 9.59 Å². The Morgan fingerprint density at radius 2 is 1.94 bits per heavy atom. The first-order valence-corrected chi connectivity index (χ1v) is 10.7. The molecule has 1 amide bonds. The second-order valence-electron chi connectivity index (χ2n) is 6.48. The molecule has 0 spiro atoms. The van der Waals surface area contributed by atoms with Crippen LogP contribution in [0.3, 0.4) is 0 Å². The van der Waals surface area contributed by atoms with E-state index in [2.05, 4.69) is 15.3 Å². The summed E-state index contributed by atoms with van der Waals surface area (Å²) in [5.41, 5.74) is 1.38. The first kappa shape index (κ1) is 22.2. The summed E-state index contributed by atoms with van der Waals surface area (Å²) < 4.78 is 5.36. The first-order valence-electron chi connectivity index (χ1n) is 9.74. The van der Waals surface area contributed by atoms with E-state index in [1.165, 1.54) is 0 Å². The number of anilines is 1. The van der Waals surface area contributed by atoms with Gasteiger partial charge in [0.2, 0.25) is 11.8 Å². The highest BCUT2D eigenvalue weighted by Gasteiger charge is 2.11. The molecule has 1 aromatic heterocycles. The number of allylic oxidation sites excluding steroid dienone is 1. The van der Waals surface area contributed by atoms with E-state index in [-0.39, 0.29) is 34.7 Å². The minimum Gasteiger partial charge on any atom is -0.494 e. The van der Waals surface area contributed by atoms with Crippen LogP contribution in [0.4, 0.5) is 5.69 Å². The number of aromatic nitrogens is 2. The summed E-state index contributed by atoms with van der Waals surface area (Å²) in [5.74, 6) is 0.163. The molecule has 0 bridgehead atoms. The van der Waals surface area contributed by atoms with Gasteiger partial charge < -0.3 is 20.1 Å². The van der Waals surface area contributed by atoms with Gasteiger partial charge in [-0.1, -0.05) is 54.2 Å². The maximum absolute atomic E-state index is 12.3. The molecule has 3 aromatic rings. The normalized spacial score (nSPS) is 10.9. The van der Waals surface area contributed by atoms with Crippen LogP contribution >= 0.6 is 11.8 Å². The van der Waals surface area contributed by atoms with E-state index in [0.29, 0.717) is 12.3 Å². The largest absolute Gasteiger partial charge is 0.494 e. The van der Waals surface area contributed by atoms with Crippen molar-refractivity contribution in [1.82, 2.24) is 9.97 Å². The number of aromatic amines is 1. The number of aromatic hydroxyl groups is 1. The number of nitrogens with zero attached hydrogens (tertiary/aromatic N) is 1. The number of thioether (sulfide) groups is 1. The van der Waals surface area contributed by atoms with Crippen molar-refractivity contribution in [3.05, 3.63) is 82.2 Å². The van der Waals surface area contributed by atoms with Gasteiger partial charge in [-0.05, 0) is 36.8 Å². The van der Waals surface area contributed by atoms with Gasteiger partial charge in [0.15, 0.2) is 5.16 Å². The summed E-state index contributed by atoms with van der Waals surface area (Å²) in [7, 11) is 0. The lowest BCUT2D eigenvalue weighted by atomic mass is 10.1. The molecule has 1 heterocycles. The molecule has 0 aliphatic carbocycles. The Morgan fingerprint density at radius 3 is 2.61 bits per heavy atom. The van der Waals surface area contributed by atoms with Gasteiger partial charge in [0, 0.05) is 12.1 Å². The average molecular weight is 438 g/mol. The summed E-state index contributed by atoms with van der Waals surface area (Å²) in [6, 6.07) is 16.7. The number of nitrogens with one attached hydrogen (secondary N) is 2. The Labute approximate surface area is 184 Å². The van der Waals surface area contributed by atoms with E-state index < -0.39 is 5.56 Å². The Balaban J connectivity index is 1.55. The predicted octanol–water partition coefficient (Wildman–Crippen LogP) is 3.86. The fourth-order valence-electron chi connectivity index (χ4n) is 2.73. The van der Waals surface area contributed by atoms with Gasteiger partial charge in [0.05, 0.1) is 17.9 Å². The lowest BCUT2D eigenvalue weighted by Gasteiger charge is -2.07. The van der Waals surface area contributed by atoms with Crippen molar-refractivity contribution in [3.8, 4) is 11.6 Å². The molecule has 0 aliphatic rings. The molecule has 0 aliphatic heterocycles. The Kier molecular flexibility index (Phi) is 7.89. The highest BCUT2D eigenvalue weighted by molar-refractivity contribution is 7.99. The van der Waals surface area contributed by atoms with Gasteiger partial charge >= 0.3 is 0 Å². The van der Waals surface area contributed by atoms with Crippen molar-refractivity contribution in [2.24, 2.45) is 0 Å². The smallest absolute Gasteiger partial charge is 0.258 e. The zero-order valence-electron chi connectivity index (χ0n) is 17.0. The maximum atomic E-state index is 12.3. The number of amides is 1. The van der Waals surface area contributed by atoms with Gasteiger partial charge in [0.25, 0.3) is 5.56 Å². The third-order valence-corrected chi connectivity index (χ3v) is 5.07. The molecule has 0 unspecified atom stereocenters. The Hall–Kier alpha value is -3.52. The maximum Gasteiger partial charge on any atom is 0.258 e. The molecular formula is C23H23N3O4S. The van der Waals surface area contributed by atoms with Gasteiger partial charge in [-0.2, -0.15) is 4.98 Å². The minimum absolute atomic E-state index is 0.0306. The zero-order valence-corrected chi connectivity index (χ0v) is 17.8. The number of H-pyrrole nitrogens is 1. The third kappa shape index (κ3) is 6.75. The average Bonchev–Trinajstić information content (AvgIpc) is 2.76. The number of carbonyl (C=O) groups is 1. The summed E-state index contributed by atoms with van der Waals surface area (Å²) >= 11 is 1.04. The Morgan fingerprint density at radius 1 is 1.19 bits per heavy atom. The van der Waals surface area contributed by atoms with Crippen molar-refractivity contribution in [2.75, 3.05) is 17.7 Å². The van der Waals surface area contributed by atoms with E-state index in [1.54, 1.807) is 30.3 Å². The van der Waals surface area contributed by atoms with Crippen LogP contribution in [0, 0.1) is 0 Å². The van der Waals surface area contributed by atoms with Crippen molar-refractivity contribution in [1.29, 1.82) is 0 Å². The van der Waals surface area contributed by atoms with E-state index in [1.807, 2.05) is 43.3 Å². The van der Waals surface area contributed by atoms with E-state index in [4.69, 9.17) is 4.74 Å². The van der Waals surface area contributed by atoms with Crippen LogP contribution < -0.4 is 15.6 Å². The molecule has 0 saturated carbocycles. The summed E-state index contributed by atoms with van der Waals surface area (Å²) in [4.78, 5) is 31.1. The second-order valence-corrected chi connectivity index (χ2v) is 7.45. The second kappa shape index (κ2) is 11.0. The predicted molar refractivity (Wildman–Crippen MR) is 123 cm³/mol. The van der Waals surface area contributed by atoms with Gasteiger partial charge in [-0.25, -0.2) is 0 Å². The van der Waals surface area contributed by atoms with Crippen molar-refractivity contribution < 1.29 is 14.6 Å². The van der Waals surface area contributed by atoms with Crippen LogP contribution in [0.5, 0.6) is 11.6 Å². The molecule has 7 nitrogen and oxygen atoms in total. The third-order valence-electron chi connectivity index (χ3n) is 4.19. The molecule has 8 heteroatoms. The monoisotopic (exact) mass is 437 g/mol. The fraction of sp³-hybridized carbons (Fsp3) is 0.174. The van der Waals surface area contributed by atoms with Crippen LogP contribution in [-0.4, -0.2) is 33.3 Å². The molecule has 0 saturated heterocycles. The van der Waals surface area contributed by atoms with E-state index >= 15 is 0 Å².